The van der Waals surface area contributed by atoms with Gasteiger partial charge in [0.15, 0.2) is 5.60 Å². The minimum atomic E-state index is -0.323. The molecule has 0 bridgehead atoms. The lowest BCUT2D eigenvalue weighted by molar-refractivity contribution is -0.114. The van der Waals surface area contributed by atoms with Gasteiger partial charge in [-0.3, -0.25) is 14.7 Å². The molecule has 1 aromatic rings. The molecular formula is C14H18N4O2. The van der Waals surface area contributed by atoms with Crippen LogP contribution in [0.4, 0.5) is 0 Å². The molecule has 1 fully saturated rings. The van der Waals surface area contributed by atoms with Crippen LogP contribution in [0.15, 0.2) is 29.6 Å². The Morgan fingerprint density at radius 1 is 1.55 bits per heavy atom. The number of amides is 1. The lowest BCUT2D eigenvalue weighted by atomic mass is 9.96. The first-order valence-electron chi connectivity index (χ1n) is 6.80. The second-order valence-corrected chi connectivity index (χ2v) is 5.35. The van der Waals surface area contributed by atoms with E-state index in [1.165, 1.54) is 0 Å². The highest BCUT2D eigenvalue weighted by Gasteiger charge is 2.46. The van der Waals surface area contributed by atoms with Crippen molar-refractivity contribution in [3.05, 3.63) is 30.1 Å². The Balaban J connectivity index is 1.59. The lowest BCUT2D eigenvalue weighted by Gasteiger charge is -2.21. The highest BCUT2D eigenvalue weighted by atomic mass is 16.7. The van der Waals surface area contributed by atoms with Crippen molar-refractivity contribution in [3.8, 4) is 0 Å². The first-order chi connectivity index (χ1) is 9.71. The maximum Gasteiger partial charge on any atom is 0.268 e. The minimum absolute atomic E-state index is 0.148. The Morgan fingerprint density at radius 3 is 3.20 bits per heavy atom. The van der Waals surface area contributed by atoms with Gasteiger partial charge >= 0.3 is 0 Å². The van der Waals surface area contributed by atoms with E-state index in [1.54, 1.807) is 13.2 Å². The predicted molar refractivity (Wildman–Crippen MR) is 74.1 cm³/mol. The van der Waals surface area contributed by atoms with Gasteiger partial charge in [0.05, 0.1) is 5.69 Å². The first kappa shape index (κ1) is 13.1. The van der Waals surface area contributed by atoms with Gasteiger partial charge in [0, 0.05) is 45.7 Å². The van der Waals surface area contributed by atoms with Crippen molar-refractivity contribution in [2.24, 2.45) is 5.16 Å². The smallest absolute Gasteiger partial charge is 0.268 e. The zero-order chi connectivity index (χ0) is 14.0. The molecule has 1 atom stereocenters. The van der Waals surface area contributed by atoms with E-state index in [1.807, 2.05) is 18.2 Å². The van der Waals surface area contributed by atoms with E-state index in [4.69, 9.17) is 4.84 Å². The Hall–Kier alpha value is -1.95. The van der Waals surface area contributed by atoms with Crippen molar-refractivity contribution in [2.45, 2.75) is 25.0 Å². The number of oxime groups is 1. The summed E-state index contributed by atoms with van der Waals surface area (Å²) in [5.74, 6) is -0.148. The van der Waals surface area contributed by atoms with Gasteiger partial charge in [0.2, 0.25) is 0 Å². The molecule has 2 aliphatic rings. The molecule has 1 spiro atoms. The molecule has 3 rings (SSSR count). The average molecular weight is 274 g/mol. The molecule has 0 aliphatic carbocycles. The number of aromatic nitrogens is 1. The van der Waals surface area contributed by atoms with Crippen LogP contribution in [0, 0.1) is 0 Å². The zero-order valence-electron chi connectivity index (χ0n) is 11.5. The quantitative estimate of drug-likeness (QED) is 0.874. The van der Waals surface area contributed by atoms with Crippen LogP contribution in [0.2, 0.25) is 0 Å². The molecule has 1 saturated heterocycles. The predicted octanol–water partition coefficient (Wildman–Crippen LogP) is 0.548. The molecule has 0 aromatic carbocycles. The highest BCUT2D eigenvalue weighted by molar-refractivity contribution is 6.39. The van der Waals surface area contributed by atoms with Crippen molar-refractivity contribution >= 4 is 11.6 Å². The summed E-state index contributed by atoms with van der Waals surface area (Å²) in [6.07, 6.45) is 3.29. The van der Waals surface area contributed by atoms with E-state index < -0.39 is 0 Å². The SMILES string of the molecule is CNC(=O)C1=NOC2(CCN(Cc3ccccn3)C2)C1. The van der Waals surface area contributed by atoms with Crippen molar-refractivity contribution in [1.29, 1.82) is 0 Å². The van der Waals surface area contributed by atoms with Crippen LogP contribution in [0.1, 0.15) is 18.5 Å². The fourth-order valence-electron chi connectivity index (χ4n) is 2.79. The van der Waals surface area contributed by atoms with Crippen LogP contribution in [-0.2, 0) is 16.2 Å². The Bertz CT molecular complexity index is 531. The van der Waals surface area contributed by atoms with Crippen LogP contribution < -0.4 is 5.32 Å². The number of rotatable bonds is 3. The number of carbonyl (C=O) groups is 1. The molecular weight excluding hydrogens is 256 g/mol. The molecule has 6 nitrogen and oxygen atoms in total. The second-order valence-electron chi connectivity index (χ2n) is 5.35. The van der Waals surface area contributed by atoms with E-state index in [2.05, 4.69) is 20.4 Å². The maximum atomic E-state index is 11.6. The topological polar surface area (TPSA) is 66.8 Å². The van der Waals surface area contributed by atoms with Gasteiger partial charge in [-0.25, -0.2) is 0 Å². The highest BCUT2D eigenvalue weighted by Crippen LogP contribution is 2.34. The summed E-state index contributed by atoms with van der Waals surface area (Å²) in [5, 5.41) is 6.54. The fourth-order valence-corrected chi connectivity index (χ4v) is 2.79. The second kappa shape index (κ2) is 5.20. The van der Waals surface area contributed by atoms with Gasteiger partial charge < -0.3 is 10.2 Å². The van der Waals surface area contributed by atoms with E-state index >= 15 is 0 Å². The normalized spacial score (nSPS) is 25.6. The standard InChI is InChI=1S/C14H18N4O2/c1-15-13(19)12-8-14(20-17-12)5-7-18(10-14)9-11-4-2-3-6-16-11/h2-4,6H,5,7-10H2,1H3,(H,15,19). The summed E-state index contributed by atoms with van der Waals surface area (Å²) in [7, 11) is 1.61. The van der Waals surface area contributed by atoms with Gasteiger partial charge in [-0.05, 0) is 12.1 Å². The van der Waals surface area contributed by atoms with Gasteiger partial charge in [-0.1, -0.05) is 11.2 Å². The third-order valence-corrected chi connectivity index (χ3v) is 3.84. The van der Waals surface area contributed by atoms with Crippen molar-refractivity contribution in [3.63, 3.8) is 0 Å². The molecule has 6 heteroatoms. The van der Waals surface area contributed by atoms with Crippen molar-refractivity contribution < 1.29 is 9.63 Å². The third-order valence-electron chi connectivity index (χ3n) is 3.84. The van der Waals surface area contributed by atoms with E-state index in [0.29, 0.717) is 12.1 Å². The summed E-state index contributed by atoms with van der Waals surface area (Å²) in [4.78, 5) is 23.8. The van der Waals surface area contributed by atoms with Crippen LogP contribution in [-0.4, -0.2) is 47.2 Å². The van der Waals surface area contributed by atoms with Gasteiger partial charge in [-0.2, -0.15) is 0 Å². The summed E-state index contributed by atoms with van der Waals surface area (Å²) in [5.41, 5.74) is 1.22. The molecule has 0 radical (unpaired) electrons. The summed E-state index contributed by atoms with van der Waals surface area (Å²) in [6.45, 7) is 2.53. The van der Waals surface area contributed by atoms with Crippen LogP contribution in [0.3, 0.4) is 0 Å². The van der Waals surface area contributed by atoms with Gasteiger partial charge in [0.25, 0.3) is 5.91 Å². The maximum absolute atomic E-state index is 11.6. The van der Waals surface area contributed by atoms with Crippen LogP contribution in [0.5, 0.6) is 0 Å². The number of likely N-dealkylation sites (tertiary alicyclic amines) is 1. The fraction of sp³-hybridized carbons (Fsp3) is 0.500. The molecule has 1 unspecified atom stereocenters. The Morgan fingerprint density at radius 2 is 2.45 bits per heavy atom. The Kier molecular flexibility index (Phi) is 3.40. The first-order valence-corrected chi connectivity index (χ1v) is 6.80. The summed E-state index contributed by atoms with van der Waals surface area (Å²) >= 11 is 0. The van der Waals surface area contributed by atoms with Crippen molar-refractivity contribution in [2.75, 3.05) is 20.1 Å². The lowest BCUT2D eigenvalue weighted by Crippen LogP contribution is -2.36. The molecule has 1 amide bonds. The number of pyridine rings is 1. The van der Waals surface area contributed by atoms with E-state index in [0.717, 1.165) is 31.7 Å². The van der Waals surface area contributed by atoms with Gasteiger partial charge in [0.1, 0.15) is 5.71 Å². The molecule has 1 N–H and O–H groups in total. The average Bonchev–Trinajstić information content (AvgIpc) is 3.07. The number of nitrogens with zero attached hydrogens (tertiary/aromatic N) is 3. The molecule has 0 saturated carbocycles. The van der Waals surface area contributed by atoms with Crippen molar-refractivity contribution in [1.82, 2.24) is 15.2 Å². The van der Waals surface area contributed by atoms with E-state index in [9.17, 15) is 4.79 Å². The minimum Gasteiger partial charge on any atom is -0.387 e. The molecule has 2 aliphatic heterocycles. The zero-order valence-corrected chi connectivity index (χ0v) is 11.5. The Labute approximate surface area is 117 Å². The largest absolute Gasteiger partial charge is 0.387 e. The van der Waals surface area contributed by atoms with Crippen LogP contribution >= 0.6 is 0 Å². The monoisotopic (exact) mass is 274 g/mol. The molecule has 20 heavy (non-hydrogen) atoms. The third kappa shape index (κ3) is 2.51. The number of nitrogens with one attached hydrogen (secondary N) is 1. The number of hydrogen-bond acceptors (Lipinski definition) is 5. The summed E-state index contributed by atoms with van der Waals surface area (Å²) in [6, 6.07) is 5.93. The van der Waals surface area contributed by atoms with E-state index in [-0.39, 0.29) is 11.5 Å². The molecule has 1 aromatic heterocycles. The number of hydrogen-bond donors (Lipinski definition) is 1. The molecule has 106 valence electrons. The number of carbonyl (C=O) groups excluding carboxylic acids is 1. The summed E-state index contributed by atoms with van der Waals surface area (Å²) < 4.78 is 0. The molecule has 3 heterocycles. The van der Waals surface area contributed by atoms with Gasteiger partial charge in [-0.15, -0.1) is 0 Å². The van der Waals surface area contributed by atoms with Crippen LogP contribution in [0.25, 0.3) is 0 Å².